The molecular formula is C15H16ClF3N4OS. The molecule has 1 amide bonds. The molecule has 0 unspecified atom stereocenters. The molecule has 1 heterocycles. The molecule has 0 saturated carbocycles. The highest BCUT2D eigenvalue weighted by molar-refractivity contribution is 8.00. The summed E-state index contributed by atoms with van der Waals surface area (Å²) < 4.78 is 40.4. The first-order valence-corrected chi connectivity index (χ1v) is 8.59. The lowest BCUT2D eigenvalue weighted by molar-refractivity contribution is -0.137. The number of benzene rings is 1. The van der Waals surface area contributed by atoms with Crippen LogP contribution in [0, 0.1) is 0 Å². The van der Waals surface area contributed by atoms with E-state index in [1.165, 1.54) is 17.8 Å². The number of aromatic nitrogens is 3. The van der Waals surface area contributed by atoms with Crippen LogP contribution in [0.2, 0.25) is 5.02 Å². The maximum Gasteiger partial charge on any atom is 0.417 e. The molecule has 1 aromatic carbocycles. The lowest BCUT2D eigenvalue weighted by Crippen LogP contribution is -2.23. The standard InChI is InChI=1S/C15H16ClF3N4OS/c1-8(2)23-7-20-22-14(23)25-9(3)13(24)21-10-4-5-12(16)11(6-10)15(17,18)19/h4-9H,1-3H3,(H,21,24)/t9-/m1/s1. The quantitative estimate of drug-likeness (QED) is 0.752. The number of alkyl halides is 3. The van der Waals surface area contributed by atoms with E-state index in [4.69, 9.17) is 11.6 Å². The molecule has 2 aromatic rings. The van der Waals surface area contributed by atoms with Crippen molar-refractivity contribution in [3.63, 3.8) is 0 Å². The minimum Gasteiger partial charge on any atom is -0.325 e. The molecule has 0 fully saturated rings. The number of hydrogen-bond acceptors (Lipinski definition) is 4. The fraction of sp³-hybridized carbons (Fsp3) is 0.400. The fourth-order valence-corrected chi connectivity index (χ4v) is 3.13. The average molecular weight is 393 g/mol. The normalized spacial score (nSPS) is 13.1. The van der Waals surface area contributed by atoms with Crippen molar-refractivity contribution < 1.29 is 18.0 Å². The minimum atomic E-state index is -4.59. The smallest absolute Gasteiger partial charge is 0.325 e. The number of rotatable bonds is 5. The second-order valence-corrected chi connectivity index (χ2v) is 7.27. The number of anilines is 1. The number of halogens is 4. The van der Waals surface area contributed by atoms with E-state index in [9.17, 15) is 18.0 Å². The highest BCUT2D eigenvalue weighted by atomic mass is 35.5. The Hall–Kier alpha value is -1.74. The topological polar surface area (TPSA) is 59.8 Å². The SMILES string of the molecule is CC(C)n1cnnc1S[C@H](C)C(=O)Nc1ccc(Cl)c(C(F)(F)F)c1. The van der Waals surface area contributed by atoms with E-state index in [0.717, 1.165) is 12.1 Å². The summed E-state index contributed by atoms with van der Waals surface area (Å²) >= 11 is 6.74. The Morgan fingerprint density at radius 2 is 2.00 bits per heavy atom. The Morgan fingerprint density at radius 1 is 1.32 bits per heavy atom. The minimum absolute atomic E-state index is 0.0273. The third-order valence-electron chi connectivity index (χ3n) is 3.29. The van der Waals surface area contributed by atoms with Gasteiger partial charge in [0.1, 0.15) is 6.33 Å². The van der Waals surface area contributed by atoms with Crippen LogP contribution in [0.3, 0.4) is 0 Å². The molecular weight excluding hydrogens is 377 g/mol. The van der Waals surface area contributed by atoms with Gasteiger partial charge in [0.05, 0.1) is 15.8 Å². The zero-order chi connectivity index (χ0) is 18.8. The summed E-state index contributed by atoms with van der Waals surface area (Å²) in [5.41, 5.74) is -0.966. The van der Waals surface area contributed by atoms with E-state index in [0.29, 0.717) is 5.16 Å². The van der Waals surface area contributed by atoms with Crippen LogP contribution in [0.1, 0.15) is 32.4 Å². The van der Waals surface area contributed by atoms with E-state index < -0.39 is 27.9 Å². The molecule has 2 rings (SSSR count). The van der Waals surface area contributed by atoms with Crippen LogP contribution in [0.25, 0.3) is 0 Å². The largest absolute Gasteiger partial charge is 0.417 e. The van der Waals surface area contributed by atoms with E-state index in [-0.39, 0.29) is 11.7 Å². The Bertz CT molecular complexity index is 763. The van der Waals surface area contributed by atoms with Gasteiger partial charge >= 0.3 is 6.18 Å². The van der Waals surface area contributed by atoms with Gasteiger partial charge in [-0.25, -0.2) is 0 Å². The van der Waals surface area contributed by atoms with Crippen LogP contribution < -0.4 is 5.32 Å². The van der Waals surface area contributed by atoms with Crippen molar-refractivity contribution in [2.75, 3.05) is 5.32 Å². The van der Waals surface area contributed by atoms with Crippen LogP contribution in [0.5, 0.6) is 0 Å². The molecule has 0 aliphatic carbocycles. The van der Waals surface area contributed by atoms with E-state index >= 15 is 0 Å². The molecule has 25 heavy (non-hydrogen) atoms. The molecule has 1 atom stereocenters. The summed E-state index contributed by atoms with van der Waals surface area (Å²) in [7, 11) is 0. The molecule has 0 spiro atoms. The predicted molar refractivity (Wildman–Crippen MR) is 90.8 cm³/mol. The molecule has 0 aliphatic rings. The third kappa shape index (κ3) is 4.88. The number of nitrogens with one attached hydrogen (secondary N) is 1. The summed E-state index contributed by atoms with van der Waals surface area (Å²) in [4.78, 5) is 12.3. The number of amides is 1. The average Bonchev–Trinajstić information content (AvgIpc) is 2.96. The predicted octanol–water partition coefficient (Wildman–Crippen LogP) is 4.65. The van der Waals surface area contributed by atoms with E-state index in [2.05, 4.69) is 15.5 Å². The molecule has 0 saturated heterocycles. The van der Waals surface area contributed by atoms with Gasteiger partial charge in [0.2, 0.25) is 5.91 Å². The number of carbonyl (C=O) groups is 1. The third-order valence-corrected chi connectivity index (χ3v) is 4.69. The lowest BCUT2D eigenvalue weighted by atomic mass is 10.2. The van der Waals surface area contributed by atoms with Crippen molar-refractivity contribution in [3.8, 4) is 0 Å². The number of carbonyl (C=O) groups excluding carboxylic acids is 1. The monoisotopic (exact) mass is 392 g/mol. The first-order chi connectivity index (χ1) is 11.6. The van der Waals surface area contributed by atoms with Crippen molar-refractivity contribution >= 4 is 35.0 Å². The molecule has 0 radical (unpaired) electrons. The van der Waals surface area contributed by atoms with Gasteiger partial charge in [0.25, 0.3) is 0 Å². The summed E-state index contributed by atoms with van der Waals surface area (Å²) in [6.45, 7) is 5.54. The number of nitrogens with zero attached hydrogens (tertiary/aromatic N) is 3. The van der Waals surface area contributed by atoms with Crippen LogP contribution >= 0.6 is 23.4 Å². The van der Waals surface area contributed by atoms with Gasteiger partial charge in [-0.1, -0.05) is 23.4 Å². The second-order valence-electron chi connectivity index (χ2n) is 5.56. The van der Waals surface area contributed by atoms with Gasteiger partial charge in [-0.2, -0.15) is 13.2 Å². The van der Waals surface area contributed by atoms with Gasteiger partial charge in [-0.05, 0) is 39.0 Å². The van der Waals surface area contributed by atoms with Crippen LogP contribution in [0.15, 0.2) is 29.7 Å². The summed E-state index contributed by atoms with van der Waals surface area (Å²) in [5, 5.41) is 9.79. The van der Waals surface area contributed by atoms with Crippen molar-refractivity contribution in [2.45, 2.75) is 43.4 Å². The van der Waals surface area contributed by atoms with Gasteiger partial charge < -0.3 is 9.88 Å². The summed E-state index contributed by atoms with van der Waals surface area (Å²) in [6, 6.07) is 3.36. The lowest BCUT2D eigenvalue weighted by Gasteiger charge is -2.15. The molecule has 0 aliphatic heterocycles. The Labute approximate surface area is 152 Å². The van der Waals surface area contributed by atoms with Crippen LogP contribution in [0.4, 0.5) is 18.9 Å². The Kier molecular flexibility index (Phi) is 5.99. The van der Waals surface area contributed by atoms with Crippen molar-refractivity contribution in [1.82, 2.24) is 14.8 Å². The van der Waals surface area contributed by atoms with Crippen molar-refractivity contribution in [1.29, 1.82) is 0 Å². The molecule has 5 nitrogen and oxygen atoms in total. The zero-order valence-electron chi connectivity index (χ0n) is 13.6. The first kappa shape index (κ1) is 19.6. The van der Waals surface area contributed by atoms with Gasteiger partial charge in [0, 0.05) is 11.7 Å². The maximum atomic E-state index is 12.9. The molecule has 136 valence electrons. The van der Waals surface area contributed by atoms with Gasteiger partial charge in [0.15, 0.2) is 5.16 Å². The molecule has 0 bridgehead atoms. The summed E-state index contributed by atoms with van der Waals surface area (Å²) in [5.74, 6) is -0.446. The second kappa shape index (κ2) is 7.65. The molecule has 1 N–H and O–H groups in total. The number of hydrogen-bond donors (Lipinski definition) is 1. The Balaban J connectivity index is 2.10. The van der Waals surface area contributed by atoms with E-state index in [1.807, 2.05) is 13.8 Å². The van der Waals surface area contributed by atoms with Gasteiger partial charge in [-0.15, -0.1) is 10.2 Å². The van der Waals surface area contributed by atoms with Crippen molar-refractivity contribution in [3.05, 3.63) is 35.1 Å². The zero-order valence-corrected chi connectivity index (χ0v) is 15.2. The van der Waals surface area contributed by atoms with Crippen LogP contribution in [-0.4, -0.2) is 25.9 Å². The first-order valence-electron chi connectivity index (χ1n) is 7.33. The fourth-order valence-electron chi connectivity index (χ4n) is 1.95. The van der Waals surface area contributed by atoms with Gasteiger partial charge in [-0.3, -0.25) is 4.79 Å². The number of thioether (sulfide) groups is 1. The summed E-state index contributed by atoms with van der Waals surface area (Å²) in [6.07, 6.45) is -3.03. The highest BCUT2D eigenvalue weighted by Gasteiger charge is 2.33. The van der Waals surface area contributed by atoms with E-state index in [1.54, 1.807) is 17.8 Å². The van der Waals surface area contributed by atoms with Crippen molar-refractivity contribution in [2.24, 2.45) is 0 Å². The highest BCUT2D eigenvalue weighted by Crippen LogP contribution is 2.36. The molecule has 1 aromatic heterocycles. The molecule has 10 heteroatoms. The van der Waals surface area contributed by atoms with Crippen LogP contribution in [-0.2, 0) is 11.0 Å². The maximum absolute atomic E-state index is 12.9. The Morgan fingerprint density at radius 3 is 2.60 bits per heavy atom.